The first-order valence-electron chi connectivity index (χ1n) is 9.89. The molecule has 0 aliphatic carbocycles. The molecule has 0 aliphatic heterocycles. The fourth-order valence-corrected chi connectivity index (χ4v) is 4.32. The van der Waals surface area contributed by atoms with Crippen molar-refractivity contribution in [1.29, 1.82) is 0 Å². The molecule has 0 saturated carbocycles. The molecule has 8 heteroatoms. The minimum absolute atomic E-state index is 0.337. The summed E-state index contributed by atoms with van der Waals surface area (Å²) in [6.07, 6.45) is 0.340. The van der Waals surface area contributed by atoms with Gasteiger partial charge in [0.05, 0.1) is 5.56 Å². The first kappa shape index (κ1) is 21.9. The van der Waals surface area contributed by atoms with E-state index in [0.29, 0.717) is 26.6 Å². The summed E-state index contributed by atoms with van der Waals surface area (Å²) in [6.45, 7) is 0. The van der Waals surface area contributed by atoms with Crippen molar-refractivity contribution in [3.05, 3.63) is 101 Å². The number of anilines is 1. The smallest absolute Gasteiger partial charge is 0.253 e. The Kier molecular flexibility index (Phi) is 7.03. The van der Waals surface area contributed by atoms with Crippen molar-refractivity contribution < 1.29 is 9.59 Å². The van der Waals surface area contributed by atoms with Crippen LogP contribution in [0.2, 0.25) is 0 Å². The second-order valence-electron chi connectivity index (χ2n) is 6.96. The summed E-state index contributed by atoms with van der Waals surface area (Å²) in [6, 6.07) is 25.5. The Morgan fingerprint density at radius 3 is 2.25 bits per heavy atom. The van der Waals surface area contributed by atoms with Crippen LogP contribution in [-0.4, -0.2) is 28.1 Å². The number of nitrogens with zero attached hydrogens (tertiary/aromatic N) is 2. The summed E-state index contributed by atoms with van der Waals surface area (Å²) < 4.78 is 0.660. The summed E-state index contributed by atoms with van der Waals surface area (Å²) in [5, 5.41) is 15.0. The van der Waals surface area contributed by atoms with Gasteiger partial charge in [-0.25, -0.2) is 0 Å². The highest BCUT2D eigenvalue weighted by atomic mass is 79.9. The van der Waals surface area contributed by atoms with Crippen molar-refractivity contribution in [3.63, 3.8) is 0 Å². The van der Waals surface area contributed by atoms with E-state index in [1.807, 2.05) is 66.7 Å². The van der Waals surface area contributed by atoms with Crippen molar-refractivity contribution in [2.75, 3.05) is 5.32 Å². The predicted molar refractivity (Wildman–Crippen MR) is 130 cm³/mol. The summed E-state index contributed by atoms with van der Waals surface area (Å²) in [5.41, 5.74) is 2.32. The maximum Gasteiger partial charge on any atom is 0.253 e. The number of hydrogen-bond acceptors (Lipinski definition) is 5. The van der Waals surface area contributed by atoms with Gasteiger partial charge in [-0.05, 0) is 33.6 Å². The van der Waals surface area contributed by atoms with E-state index in [0.717, 1.165) is 11.1 Å². The minimum Gasteiger partial charge on any atom is -0.340 e. The lowest BCUT2D eigenvalue weighted by Gasteiger charge is -2.18. The number of halogens is 1. The quantitative estimate of drug-likeness (QED) is 0.371. The van der Waals surface area contributed by atoms with Crippen LogP contribution in [0.4, 0.5) is 5.13 Å². The fraction of sp³-hybridized carbons (Fsp3) is 0.0833. The van der Waals surface area contributed by atoms with Gasteiger partial charge in [0.15, 0.2) is 0 Å². The van der Waals surface area contributed by atoms with Crippen molar-refractivity contribution >= 4 is 44.2 Å². The van der Waals surface area contributed by atoms with Crippen LogP contribution < -0.4 is 10.6 Å². The van der Waals surface area contributed by atoms with E-state index in [1.54, 1.807) is 18.2 Å². The number of rotatable bonds is 7. The highest BCUT2D eigenvalue weighted by Gasteiger charge is 2.24. The number of amides is 2. The molecule has 1 unspecified atom stereocenters. The van der Waals surface area contributed by atoms with Gasteiger partial charge >= 0.3 is 0 Å². The molecule has 6 nitrogen and oxygen atoms in total. The van der Waals surface area contributed by atoms with Crippen LogP contribution in [0.3, 0.4) is 0 Å². The highest BCUT2D eigenvalue weighted by Crippen LogP contribution is 2.26. The topological polar surface area (TPSA) is 84.0 Å². The number of hydrogen-bond donors (Lipinski definition) is 2. The molecule has 0 radical (unpaired) electrons. The number of benzene rings is 3. The lowest BCUT2D eigenvalue weighted by molar-refractivity contribution is -0.118. The molecule has 0 fully saturated rings. The summed E-state index contributed by atoms with van der Waals surface area (Å²) in [7, 11) is 0. The van der Waals surface area contributed by atoms with Gasteiger partial charge in [0.2, 0.25) is 11.0 Å². The van der Waals surface area contributed by atoms with Gasteiger partial charge in [-0.15, -0.1) is 10.2 Å². The predicted octanol–water partition coefficient (Wildman–Crippen LogP) is 4.95. The number of carbonyl (C=O) groups is 2. The number of carbonyl (C=O) groups excluding carboxylic acids is 2. The second-order valence-corrected chi connectivity index (χ2v) is 8.80. The van der Waals surface area contributed by atoms with Crippen LogP contribution in [0.1, 0.15) is 15.9 Å². The van der Waals surface area contributed by atoms with Crippen LogP contribution in [0.15, 0.2) is 89.4 Å². The van der Waals surface area contributed by atoms with Crippen molar-refractivity contribution in [3.8, 4) is 10.6 Å². The molecule has 0 spiro atoms. The normalized spacial score (nSPS) is 11.5. The van der Waals surface area contributed by atoms with Gasteiger partial charge in [-0.1, -0.05) is 84.1 Å². The lowest BCUT2D eigenvalue weighted by atomic mass is 10.0. The van der Waals surface area contributed by atoms with Crippen LogP contribution in [0, 0.1) is 0 Å². The first-order chi connectivity index (χ1) is 15.6. The Morgan fingerprint density at radius 2 is 1.53 bits per heavy atom. The molecule has 3 aromatic carbocycles. The SMILES string of the molecule is O=C(NC(Cc1ccccc1)C(=O)Nc1nnc(-c2ccccc2)s1)c1ccccc1Br. The van der Waals surface area contributed by atoms with Gasteiger partial charge in [-0.2, -0.15) is 0 Å². The van der Waals surface area contributed by atoms with E-state index in [-0.39, 0.29) is 11.8 Å². The molecule has 160 valence electrons. The molecular weight excluding hydrogens is 488 g/mol. The molecule has 4 aromatic rings. The highest BCUT2D eigenvalue weighted by molar-refractivity contribution is 9.10. The molecule has 32 heavy (non-hydrogen) atoms. The van der Waals surface area contributed by atoms with E-state index < -0.39 is 6.04 Å². The Balaban J connectivity index is 1.52. The van der Waals surface area contributed by atoms with Crippen LogP contribution in [0.25, 0.3) is 10.6 Å². The number of aromatic nitrogens is 2. The largest absolute Gasteiger partial charge is 0.340 e. The van der Waals surface area contributed by atoms with Crippen LogP contribution in [0.5, 0.6) is 0 Å². The molecular formula is C24H19BrN4O2S. The van der Waals surface area contributed by atoms with E-state index in [2.05, 4.69) is 36.8 Å². The Morgan fingerprint density at radius 1 is 0.875 bits per heavy atom. The maximum atomic E-state index is 13.1. The molecule has 1 atom stereocenters. The zero-order valence-electron chi connectivity index (χ0n) is 16.9. The molecule has 2 amide bonds. The zero-order valence-corrected chi connectivity index (χ0v) is 19.3. The van der Waals surface area contributed by atoms with Gasteiger partial charge in [0.25, 0.3) is 5.91 Å². The van der Waals surface area contributed by atoms with Gasteiger partial charge in [0.1, 0.15) is 11.0 Å². The third-order valence-electron chi connectivity index (χ3n) is 4.70. The standard InChI is InChI=1S/C24H19BrN4O2S/c25-19-14-8-7-13-18(19)21(30)26-20(15-16-9-3-1-4-10-16)22(31)27-24-29-28-23(32-24)17-11-5-2-6-12-17/h1-14,20H,15H2,(H,26,30)(H,27,29,31). The summed E-state index contributed by atoms with van der Waals surface area (Å²) in [4.78, 5) is 26.0. The van der Waals surface area contributed by atoms with Crippen molar-refractivity contribution in [1.82, 2.24) is 15.5 Å². The molecule has 2 N–H and O–H groups in total. The van der Waals surface area contributed by atoms with Gasteiger partial charge < -0.3 is 5.32 Å². The van der Waals surface area contributed by atoms with E-state index >= 15 is 0 Å². The van der Waals surface area contributed by atoms with E-state index in [1.165, 1.54) is 11.3 Å². The molecule has 0 saturated heterocycles. The third kappa shape index (κ3) is 5.46. The molecule has 0 aliphatic rings. The summed E-state index contributed by atoms with van der Waals surface area (Å²) in [5.74, 6) is -0.694. The summed E-state index contributed by atoms with van der Waals surface area (Å²) >= 11 is 4.67. The second kappa shape index (κ2) is 10.3. The lowest BCUT2D eigenvalue weighted by Crippen LogP contribution is -2.45. The molecule has 0 bridgehead atoms. The van der Waals surface area contributed by atoms with E-state index in [4.69, 9.17) is 0 Å². The van der Waals surface area contributed by atoms with Gasteiger partial charge in [-0.3, -0.25) is 14.9 Å². The Bertz CT molecular complexity index is 1210. The minimum atomic E-state index is -0.791. The van der Waals surface area contributed by atoms with Crippen LogP contribution >= 0.6 is 27.3 Å². The Hall–Kier alpha value is -3.36. The average molecular weight is 507 g/mol. The molecule has 1 aromatic heterocycles. The maximum absolute atomic E-state index is 13.1. The Labute approximate surface area is 197 Å². The third-order valence-corrected chi connectivity index (χ3v) is 6.28. The fourth-order valence-electron chi connectivity index (χ4n) is 3.10. The monoisotopic (exact) mass is 506 g/mol. The molecule has 1 heterocycles. The van der Waals surface area contributed by atoms with E-state index in [9.17, 15) is 9.59 Å². The number of nitrogens with one attached hydrogen (secondary N) is 2. The van der Waals surface area contributed by atoms with Crippen LogP contribution in [-0.2, 0) is 11.2 Å². The van der Waals surface area contributed by atoms with Crippen molar-refractivity contribution in [2.24, 2.45) is 0 Å². The molecule has 4 rings (SSSR count). The average Bonchev–Trinajstić information content (AvgIpc) is 3.28. The zero-order chi connectivity index (χ0) is 22.3. The van der Waals surface area contributed by atoms with Crippen molar-refractivity contribution in [2.45, 2.75) is 12.5 Å². The first-order valence-corrected chi connectivity index (χ1v) is 11.5. The van der Waals surface area contributed by atoms with Gasteiger partial charge in [0, 0.05) is 16.5 Å².